The van der Waals surface area contributed by atoms with Crippen molar-refractivity contribution in [1.29, 1.82) is 0 Å². The molecular formula is C23H18BrN3O2. The molecule has 0 unspecified atom stereocenters. The first-order valence-corrected chi connectivity index (χ1v) is 9.82. The molecule has 0 spiro atoms. The van der Waals surface area contributed by atoms with E-state index in [0.29, 0.717) is 11.3 Å². The largest absolute Gasteiger partial charge is 0.455 e. The first-order chi connectivity index (χ1) is 14.1. The Bertz CT molecular complexity index is 1180. The van der Waals surface area contributed by atoms with Gasteiger partial charge in [-0.25, -0.2) is 5.43 Å². The fourth-order valence-corrected chi connectivity index (χ4v) is 3.61. The van der Waals surface area contributed by atoms with Gasteiger partial charge in [0, 0.05) is 33.7 Å². The molecule has 1 amide bonds. The quantitative estimate of drug-likeness (QED) is 0.321. The fourth-order valence-electron chi connectivity index (χ4n) is 2.92. The van der Waals surface area contributed by atoms with Gasteiger partial charge < -0.3 is 8.98 Å². The predicted octanol–water partition coefficient (Wildman–Crippen LogP) is 5.57. The number of aryl methyl sites for hydroxylation is 1. The summed E-state index contributed by atoms with van der Waals surface area (Å²) in [6.45, 7) is 2.03. The highest BCUT2D eigenvalue weighted by Gasteiger charge is 2.09. The molecule has 6 heteroatoms. The summed E-state index contributed by atoms with van der Waals surface area (Å²) in [5.41, 5.74) is 6.10. The van der Waals surface area contributed by atoms with Crippen LogP contribution in [0.15, 0.2) is 93.1 Å². The van der Waals surface area contributed by atoms with Gasteiger partial charge >= 0.3 is 0 Å². The Morgan fingerprint density at radius 3 is 2.69 bits per heavy atom. The minimum absolute atomic E-state index is 0.289. The number of carbonyl (C=O) groups is 1. The van der Waals surface area contributed by atoms with E-state index in [-0.39, 0.29) is 5.91 Å². The van der Waals surface area contributed by atoms with Gasteiger partial charge in [-0.15, -0.1) is 0 Å². The van der Waals surface area contributed by atoms with Crippen LogP contribution in [-0.2, 0) is 0 Å². The van der Waals surface area contributed by atoms with Crippen LogP contribution in [0.5, 0.6) is 0 Å². The molecule has 2 aromatic heterocycles. The third-order valence-electron chi connectivity index (χ3n) is 4.39. The second-order valence-electron chi connectivity index (χ2n) is 6.53. The number of furan rings is 1. The van der Waals surface area contributed by atoms with Gasteiger partial charge in [-0.2, -0.15) is 5.10 Å². The zero-order valence-electron chi connectivity index (χ0n) is 15.7. The van der Waals surface area contributed by atoms with E-state index in [0.717, 1.165) is 27.0 Å². The van der Waals surface area contributed by atoms with Gasteiger partial charge in [-0.1, -0.05) is 28.1 Å². The predicted molar refractivity (Wildman–Crippen MR) is 117 cm³/mol. The molecule has 144 valence electrons. The number of hydrogen-bond acceptors (Lipinski definition) is 3. The first-order valence-electron chi connectivity index (χ1n) is 9.03. The molecule has 1 N–H and O–H groups in total. The summed E-state index contributed by atoms with van der Waals surface area (Å²) in [6, 6.07) is 20.9. The van der Waals surface area contributed by atoms with Gasteiger partial charge in [0.15, 0.2) is 0 Å². The van der Waals surface area contributed by atoms with Gasteiger partial charge in [0.05, 0.1) is 6.21 Å². The van der Waals surface area contributed by atoms with Crippen molar-refractivity contribution in [3.8, 4) is 17.0 Å². The van der Waals surface area contributed by atoms with Crippen LogP contribution in [0.1, 0.15) is 21.7 Å². The Labute approximate surface area is 176 Å². The minimum Gasteiger partial charge on any atom is -0.455 e. The SMILES string of the molecule is Cc1ccc(-c2ccc(/C=N/NC(=O)c3cccc(-n4cccc4)c3)o2)c(Br)c1. The van der Waals surface area contributed by atoms with E-state index in [2.05, 4.69) is 26.5 Å². The Morgan fingerprint density at radius 1 is 1.07 bits per heavy atom. The van der Waals surface area contributed by atoms with E-state index in [9.17, 15) is 4.79 Å². The van der Waals surface area contributed by atoms with Crippen molar-refractivity contribution >= 4 is 28.1 Å². The second kappa shape index (κ2) is 8.32. The molecule has 0 fully saturated rings. The highest BCUT2D eigenvalue weighted by molar-refractivity contribution is 9.10. The smallest absolute Gasteiger partial charge is 0.271 e. The van der Waals surface area contributed by atoms with Crippen molar-refractivity contribution < 1.29 is 9.21 Å². The van der Waals surface area contributed by atoms with Crippen molar-refractivity contribution in [3.63, 3.8) is 0 Å². The topological polar surface area (TPSA) is 59.5 Å². The summed E-state index contributed by atoms with van der Waals surface area (Å²) in [4.78, 5) is 12.4. The van der Waals surface area contributed by atoms with Crippen LogP contribution in [0, 0.1) is 6.92 Å². The molecule has 0 saturated heterocycles. The van der Waals surface area contributed by atoms with E-state index in [1.54, 1.807) is 6.07 Å². The van der Waals surface area contributed by atoms with Crippen LogP contribution in [0.3, 0.4) is 0 Å². The number of amides is 1. The lowest BCUT2D eigenvalue weighted by Crippen LogP contribution is -2.17. The number of hydrogen-bond donors (Lipinski definition) is 1. The molecule has 0 aliphatic heterocycles. The molecule has 2 aromatic carbocycles. The van der Waals surface area contributed by atoms with Crippen LogP contribution < -0.4 is 5.43 Å². The van der Waals surface area contributed by atoms with Crippen molar-refractivity contribution in [2.75, 3.05) is 0 Å². The highest BCUT2D eigenvalue weighted by atomic mass is 79.9. The summed E-state index contributed by atoms with van der Waals surface area (Å²) in [5.74, 6) is 0.987. The average Bonchev–Trinajstić information content (AvgIpc) is 3.40. The lowest BCUT2D eigenvalue weighted by Gasteiger charge is -2.05. The van der Waals surface area contributed by atoms with Crippen LogP contribution in [0.2, 0.25) is 0 Å². The average molecular weight is 448 g/mol. The number of benzene rings is 2. The zero-order valence-corrected chi connectivity index (χ0v) is 17.3. The Kier molecular flexibility index (Phi) is 5.44. The normalized spacial score (nSPS) is 11.1. The van der Waals surface area contributed by atoms with E-state index in [1.807, 2.05) is 84.5 Å². The fraction of sp³-hybridized carbons (Fsp3) is 0.0435. The van der Waals surface area contributed by atoms with Gasteiger partial charge in [0.1, 0.15) is 11.5 Å². The number of halogens is 1. The van der Waals surface area contributed by atoms with Gasteiger partial charge in [0.2, 0.25) is 0 Å². The zero-order chi connectivity index (χ0) is 20.2. The molecule has 2 heterocycles. The number of hydrazone groups is 1. The summed E-state index contributed by atoms with van der Waals surface area (Å²) in [6.07, 6.45) is 5.34. The summed E-state index contributed by atoms with van der Waals surface area (Å²) in [5, 5.41) is 4.02. The standard InChI is InChI=1S/C23H18BrN3O2/c1-16-7-9-20(21(24)13-16)22-10-8-19(29-22)15-25-26-23(28)17-5-4-6-18(14-17)27-11-2-3-12-27/h2-15H,1H3,(H,26,28)/b25-15+. The molecule has 29 heavy (non-hydrogen) atoms. The number of nitrogens with zero attached hydrogens (tertiary/aromatic N) is 2. The third kappa shape index (κ3) is 4.38. The third-order valence-corrected chi connectivity index (χ3v) is 5.04. The molecule has 0 saturated carbocycles. The van der Waals surface area contributed by atoms with Crippen molar-refractivity contribution in [2.24, 2.45) is 5.10 Å². The molecule has 0 atom stereocenters. The van der Waals surface area contributed by atoms with Crippen molar-refractivity contribution in [3.05, 3.63) is 100 Å². The van der Waals surface area contributed by atoms with Crippen LogP contribution in [0.4, 0.5) is 0 Å². The Balaban J connectivity index is 1.44. The van der Waals surface area contributed by atoms with Gasteiger partial charge in [0.25, 0.3) is 5.91 Å². The summed E-state index contributed by atoms with van der Waals surface area (Å²) < 4.78 is 8.71. The maximum atomic E-state index is 12.4. The maximum Gasteiger partial charge on any atom is 0.271 e. The second-order valence-corrected chi connectivity index (χ2v) is 7.38. The minimum atomic E-state index is -0.289. The van der Waals surface area contributed by atoms with Crippen LogP contribution >= 0.6 is 15.9 Å². The van der Waals surface area contributed by atoms with Gasteiger partial charge in [-0.3, -0.25) is 4.79 Å². The van der Waals surface area contributed by atoms with E-state index < -0.39 is 0 Å². The molecule has 0 radical (unpaired) electrons. The lowest BCUT2D eigenvalue weighted by atomic mass is 10.1. The molecule has 4 aromatic rings. The highest BCUT2D eigenvalue weighted by Crippen LogP contribution is 2.30. The molecule has 0 aliphatic rings. The van der Waals surface area contributed by atoms with Crippen LogP contribution in [0.25, 0.3) is 17.0 Å². The van der Waals surface area contributed by atoms with E-state index in [1.165, 1.54) is 6.21 Å². The van der Waals surface area contributed by atoms with E-state index in [4.69, 9.17) is 4.42 Å². The van der Waals surface area contributed by atoms with Gasteiger partial charge in [-0.05, 0) is 67.1 Å². The number of carbonyl (C=O) groups excluding carboxylic acids is 1. The molecule has 0 aliphatic carbocycles. The van der Waals surface area contributed by atoms with E-state index >= 15 is 0 Å². The molecular weight excluding hydrogens is 430 g/mol. The maximum absolute atomic E-state index is 12.4. The van der Waals surface area contributed by atoms with Crippen LogP contribution in [-0.4, -0.2) is 16.7 Å². The first kappa shape index (κ1) is 19.0. The lowest BCUT2D eigenvalue weighted by molar-refractivity contribution is 0.0955. The van der Waals surface area contributed by atoms with Crippen molar-refractivity contribution in [1.82, 2.24) is 9.99 Å². The number of nitrogens with one attached hydrogen (secondary N) is 1. The molecule has 4 rings (SSSR count). The monoisotopic (exact) mass is 447 g/mol. The molecule has 5 nitrogen and oxygen atoms in total. The number of rotatable bonds is 5. The van der Waals surface area contributed by atoms with Crippen molar-refractivity contribution in [2.45, 2.75) is 6.92 Å². The summed E-state index contributed by atoms with van der Waals surface area (Å²) >= 11 is 3.56. The number of aromatic nitrogens is 1. The molecule has 0 bridgehead atoms. The Hall–Kier alpha value is -3.38. The Morgan fingerprint density at radius 2 is 1.90 bits per heavy atom. The summed E-state index contributed by atoms with van der Waals surface area (Å²) in [7, 11) is 0.